The summed E-state index contributed by atoms with van der Waals surface area (Å²) in [6, 6.07) is 2.71. The fraction of sp³-hybridized carbons (Fsp3) is 0.900. The van der Waals surface area contributed by atoms with E-state index in [9.17, 15) is 0 Å². The lowest BCUT2D eigenvalue weighted by Gasteiger charge is -2.40. The van der Waals surface area contributed by atoms with E-state index in [1.165, 1.54) is 0 Å². The monoisotopic (exact) mass is 181 g/mol. The molecule has 0 spiro atoms. The zero-order valence-electron chi connectivity index (χ0n) is 8.75. The number of nitrogens with two attached hydrogens (primary N) is 1. The quantitative estimate of drug-likeness (QED) is 0.686. The van der Waals surface area contributed by atoms with Gasteiger partial charge in [-0.3, -0.25) is 4.90 Å². The Morgan fingerprint density at radius 1 is 1.54 bits per heavy atom. The molecule has 0 aromatic rings. The molecule has 3 nitrogen and oxygen atoms in total. The Hall–Kier alpha value is -0.590. The predicted molar refractivity (Wildman–Crippen MR) is 53.0 cm³/mol. The van der Waals surface area contributed by atoms with E-state index in [2.05, 4.69) is 31.7 Å². The first-order valence-electron chi connectivity index (χ1n) is 4.81. The molecular weight excluding hydrogens is 162 g/mol. The number of likely N-dealkylation sites (tertiary alicyclic amines) is 1. The molecule has 0 radical (unpaired) electrons. The van der Waals surface area contributed by atoms with E-state index in [1.807, 2.05) is 0 Å². The van der Waals surface area contributed by atoms with Crippen LogP contribution >= 0.6 is 0 Å². The maximum atomic E-state index is 8.99. The topological polar surface area (TPSA) is 53.0 Å². The first-order valence-corrected chi connectivity index (χ1v) is 4.81. The maximum Gasteiger partial charge on any atom is 0.0674 e. The van der Waals surface area contributed by atoms with Gasteiger partial charge in [-0.1, -0.05) is 20.8 Å². The third-order valence-corrected chi connectivity index (χ3v) is 2.63. The van der Waals surface area contributed by atoms with Gasteiger partial charge in [-0.25, -0.2) is 0 Å². The van der Waals surface area contributed by atoms with Gasteiger partial charge in [0.1, 0.15) is 0 Å². The molecule has 0 aliphatic carbocycles. The number of hydrogen-bond acceptors (Lipinski definition) is 3. The van der Waals surface area contributed by atoms with E-state index in [1.54, 1.807) is 0 Å². The van der Waals surface area contributed by atoms with Gasteiger partial charge in [-0.05, 0) is 5.41 Å². The number of nitrogens with zero attached hydrogens (tertiary/aromatic N) is 2. The van der Waals surface area contributed by atoms with Gasteiger partial charge < -0.3 is 5.73 Å². The van der Waals surface area contributed by atoms with Crippen molar-refractivity contribution in [3.05, 3.63) is 0 Å². The fourth-order valence-electron chi connectivity index (χ4n) is 1.53. The molecule has 0 aromatic carbocycles. The van der Waals surface area contributed by atoms with Gasteiger partial charge >= 0.3 is 0 Å². The van der Waals surface area contributed by atoms with Gasteiger partial charge in [0.25, 0.3) is 0 Å². The highest BCUT2D eigenvalue weighted by Crippen LogP contribution is 2.27. The molecule has 1 saturated heterocycles. The van der Waals surface area contributed by atoms with Crippen molar-refractivity contribution in [1.82, 2.24) is 4.90 Å². The van der Waals surface area contributed by atoms with E-state index in [0.717, 1.165) is 19.6 Å². The van der Waals surface area contributed by atoms with Crippen molar-refractivity contribution in [3.63, 3.8) is 0 Å². The van der Waals surface area contributed by atoms with Crippen molar-refractivity contribution in [1.29, 1.82) is 5.26 Å². The second-order valence-corrected chi connectivity index (χ2v) is 5.03. The lowest BCUT2D eigenvalue weighted by molar-refractivity contribution is 0.107. The summed E-state index contributed by atoms with van der Waals surface area (Å²) in [6.07, 6.45) is 0. The lowest BCUT2D eigenvalue weighted by Crippen LogP contribution is -2.57. The Balaban J connectivity index is 2.38. The van der Waals surface area contributed by atoms with Gasteiger partial charge in [0.15, 0.2) is 0 Å². The summed E-state index contributed by atoms with van der Waals surface area (Å²) in [4.78, 5) is 2.25. The van der Waals surface area contributed by atoms with Crippen LogP contribution in [0.2, 0.25) is 0 Å². The van der Waals surface area contributed by atoms with Crippen molar-refractivity contribution in [3.8, 4) is 6.07 Å². The summed E-state index contributed by atoms with van der Waals surface area (Å²) in [6.45, 7) is 9.11. The Morgan fingerprint density at radius 2 is 2.08 bits per heavy atom. The Bertz CT molecular complexity index is 205. The van der Waals surface area contributed by atoms with Crippen LogP contribution in [0.3, 0.4) is 0 Å². The van der Waals surface area contributed by atoms with Crippen LogP contribution in [-0.2, 0) is 0 Å². The predicted octanol–water partition coefficient (Wildman–Crippen LogP) is 0.815. The smallest absolute Gasteiger partial charge is 0.0674 e. The summed E-state index contributed by atoms with van der Waals surface area (Å²) in [7, 11) is 0. The van der Waals surface area contributed by atoms with Crippen LogP contribution in [0.25, 0.3) is 0 Å². The van der Waals surface area contributed by atoms with Gasteiger partial charge in [0.2, 0.25) is 0 Å². The summed E-state index contributed by atoms with van der Waals surface area (Å²) in [5.74, 6) is 0.111. The van der Waals surface area contributed by atoms with Crippen molar-refractivity contribution in [2.75, 3.05) is 19.6 Å². The van der Waals surface area contributed by atoms with Crippen LogP contribution < -0.4 is 5.73 Å². The molecule has 1 heterocycles. The SMILES string of the molecule is CC(C)(C)C(C#N)CN1CC(N)C1. The Morgan fingerprint density at radius 3 is 2.38 bits per heavy atom. The van der Waals surface area contributed by atoms with Crippen molar-refractivity contribution < 1.29 is 0 Å². The molecule has 3 heteroatoms. The van der Waals surface area contributed by atoms with Gasteiger partial charge in [0, 0.05) is 25.7 Å². The molecule has 1 atom stereocenters. The minimum absolute atomic E-state index is 0.0778. The van der Waals surface area contributed by atoms with Crippen molar-refractivity contribution in [2.45, 2.75) is 26.8 Å². The van der Waals surface area contributed by atoms with Gasteiger partial charge in [0.05, 0.1) is 12.0 Å². The highest BCUT2D eigenvalue weighted by Gasteiger charge is 2.31. The molecule has 1 unspecified atom stereocenters. The second kappa shape index (κ2) is 3.65. The molecule has 2 N–H and O–H groups in total. The van der Waals surface area contributed by atoms with E-state index in [-0.39, 0.29) is 11.3 Å². The summed E-state index contributed by atoms with van der Waals surface area (Å²) < 4.78 is 0. The zero-order chi connectivity index (χ0) is 10.1. The van der Waals surface area contributed by atoms with E-state index < -0.39 is 0 Å². The maximum absolute atomic E-state index is 8.99. The molecule has 1 fully saturated rings. The molecule has 0 aromatic heterocycles. The van der Waals surface area contributed by atoms with Crippen LogP contribution in [0.15, 0.2) is 0 Å². The highest BCUT2D eigenvalue weighted by atomic mass is 15.2. The molecule has 1 rings (SSSR count). The molecule has 1 aliphatic heterocycles. The number of rotatable bonds is 2. The Labute approximate surface area is 80.5 Å². The fourth-order valence-corrected chi connectivity index (χ4v) is 1.53. The molecule has 1 aliphatic rings. The van der Waals surface area contributed by atoms with E-state index >= 15 is 0 Å². The van der Waals surface area contributed by atoms with Crippen LogP contribution in [0.5, 0.6) is 0 Å². The summed E-state index contributed by atoms with van der Waals surface area (Å²) in [5.41, 5.74) is 5.75. The minimum atomic E-state index is 0.0778. The normalized spacial score (nSPS) is 22.1. The third-order valence-electron chi connectivity index (χ3n) is 2.63. The van der Waals surface area contributed by atoms with Crippen LogP contribution in [0, 0.1) is 22.7 Å². The van der Waals surface area contributed by atoms with Crippen LogP contribution in [0.4, 0.5) is 0 Å². The lowest BCUT2D eigenvalue weighted by atomic mass is 9.81. The molecular formula is C10H19N3. The second-order valence-electron chi connectivity index (χ2n) is 5.03. The highest BCUT2D eigenvalue weighted by molar-refractivity contribution is 4.96. The van der Waals surface area contributed by atoms with Gasteiger partial charge in [-0.2, -0.15) is 5.26 Å². The third kappa shape index (κ3) is 2.68. The molecule has 0 bridgehead atoms. The Kier molecular flexibility index (Phi) is 2.94. The molecule has 13 heavy (non-hydrogen) atoms. The largest absolute Gasteiger partial charge is 0.325 e. The van der Waals surface area contributed by atoms with Crippen molar-refractivity contribution in [2.24, 2.45) is 17.1 Å². The van der Waals surface area contributed by atoms with Crippen molar-refractivity contribution >= 4 is 0 Å². The van der Waals surface area contributed by atoms with E-state index in [0.29, 0.717) is 6.04 Å². The summed E-state index contributed by atoms with van der Waals surface area (Å²) in [5, 5.41) is 8.99. The number of nitriles is 1. The first-order chi connectivity index (χ1) is 5.93. The minimum Gasteiger partial charge on any atom is -0.325 e. The molecule has 0 saturated carbocycles. The zero-order valence-corrected chi connectivity index (χ0v) is 8.75. The average Bonchev–Trinajstić information content (AvgIpc) is 1.93. The van der Waals surface area contributed by atoms with E-state index in [4.69, 9.17) is 11.0 Å². The first kappa shape index (κ1) is 10.5. The standard InChI is InChI=1S/C10H19N3/c1-10(2,3)8(4-11)5-13-6-9(12)7-13/h8-9H,5-7,12H2,1-3H3. The number of hydrogen-bond donors (Lipinski definition) is 1. The van der Waals surface area contributed by atoms with Gasteiger partial charge in [-0.15, -0.1) is 0 Å². The van der Waals surface area contributed by atoms with Crippen LogP contribution in [0.1, 0.15) is 20.8 Å². The molecule has 74 valence electrons. The molecule has 0 amide bonds. The van der Waals surface area contributed by atoms with Crippen LogP contribution in [-0.4, -0.2) is 30.6 Å². The average molecular weight is 181 g/mol. The summed E-state index contributed by atoms with van der Waals surface area (Å²) >= 11 is 0.